The quantitative estimate of drug-likeness (QED) is 0.859. The molecule has 118 valence electrons. The third-order valence-corrected chi connectivity index (χ3v) is 3.58. The van der Waals surface area contributed by atoms with Gasteiger partial charge in [0, 0.05) is 26.4 Å². The molecule has 0 aromatic heterocycles. The van der Waals surface area contributed by atoms with E-state index in [4.69, 9.17) is 4.74 Å². The molecule has 21 heavy (non-hydrogen) atoms. The summed E-state index contributed by atoms with van der Waals surface area (Å²) < 4.78 is 5.02. The van der Waals surface area contributed by atoms with E-state index in [9.17, 15) is 4.79 Å². The van der Waals surface area contributed by atoms with Gasteiger partial charge in [0.15, 0.2) is 0 Å². The highest BCUT2D eigenvalue weighted by molar-refractivity contribution is 5.91. The van der Waals surface area contributed by atoms with Crippen LogP contribution >= 0.6 is 0 Å². The molecule has 0 radical (unpaired) electrons. The van der Waals surface area contributed by atoms with Crippen LogP contribution in [0.4, 0.5) is 10.5 Å². The van der Waals surface area contributed by atoms with Gasteiger partial charge in [-0.2, -0.15) is 0 Å². The number of nitrogens with one attached hydrogen (secondary N) is 1. The SMILES string of the molecule is COCCN(C)C(=O)Nc1c(C(C)C)cccc1C(C)C. The fourth-order valence-electron chi connectivity index (χ4n) is 2.23. The van der Waals surface area contributed by atoms with Gasteiger partial charge >= 0.3 is 6.03 Å². The second-order valence-corrected chi connectivity index (χ2v) is 5.97. The molecule has 0 heterocycles. The van der Waals surface area contributed by atoms with Crippen LogP contribution in [0.5, 0.6) is 0 Å². The molecule has 2 amide bonds. The van der Waals surface area contributed by atoms with E-state index in [1.165, 1.54) is 11.1 Å². The molecule has 0 fully saturated rings. The Morgan fingerprint density at radius 3 is 2.14 bits per heavy atom. The van der Waals surface area contributed by atoms with Crippen molar-refractivity contribution in [3.63, 3.8) is 0 Å². The smallest absolute Gasteiger partial charge is 0.321 e. The van der Waals surface area contributed by atoms with Crippen LogP contribution in [0, 0.1) is 0 Å². The molecule has 1 aromatic rings. The Kier molecular flexibility index (Phi) is 6.69. The lowest BCUT2D eigenvalue weighted by molar-refractivity contribution is 0.165. The third kappa shape index (κ3) is 4.74. The lowest BCUT2D eigenvalue weighted by Crippen LogP contribution is -2.34. The molecular weight excluding hydrogens is 264 g/mol. The molecule has 1 rings (SSSR count). The largest absolute Gasteiger partial charge is 0.383 e. The van der Waals surface area contributed by atoms with Gasteiger partial charge in [0.1, 0.15) is 0 Å². The average molecular weight is 292 g/mol. The molecule has 0 aliphatic rings. The van der Waals surface area contributed by atoms with Gasteiger partial charge in [0.2, 0.25) is 0 Å². The predicted molar refractivity (Wildman–Crippen MR) is 88.1 cm³/mol. The van der Waals surface area contributed by atoms with Crippen molar-refractivity contribution in [1.29, 1.82) is 0 Å². The second-order valence-electron chi connectivity index (χ2n) is 5.97. The van der Waals surface area contributed by atoms with Crippen molar-refractivity contribution in [3.8, 4) is 0 Å². The van der Waals surface area contributed by atoms with Gasteiger partial charge in [-0.3, -0.25) is 0 Å². The van der Waals surface area contributed by atoms with Crippen LogP contribution in [-0.2, 0) is 4.74 Å². The fourth-order valence-corrected chi connectivity index (χ4v) is 2.23. The van der Waals surface area contributed by atoms with Gasteiger partial charge in [0.05, 0.1) is 6.61 Å². The Bertz CT molecular complexity index is 444. The number of urea groups is 1. The topological polar surface area (TPSA) is 41.6 Å². The van der Waals surface area contributed by atoms with Gasteiger partial charge in [0.25, 0.3) is 0 Å². The average Bonchev–Trinajstić information content (AvgIpc) is 2.44. The van der Waals surface area contributed by atoms with Gasteiger partial charge in [-0.15, -0.1) is 0 Å². The molecule has 4 heteroatoms. The number of likely N-dealkylation sites (N-methyl/N-ethyl adjacent to an activating group) is 1. The molecule has 0 aliphatic carbocycles. The monoisotopic (exact) mass is 292 g/mol. The number of hydrogen-bond acceptors (Lipinski definition) is 2. The van der Waals surface area contributed by atoms with Crippen LogP contribution in [0.1, 0.15) is 50.7 Å². The standard InChI is InChI=1S/C17H28N2O2/c1-12(2)14-8-7-9-15(13(3)4)16(14)18-17(20)19(5)10-11-21-6/h7-9,12-13H,10-11H2,1-6H3,(H,18,20). The Morgan fingerprint density at radius 2 is 1.71 bits per heavy atom. The predicted octanol–water partition coefficient (Wildman–Crippen LogP) is 4.04. The molecule has 0 unspecified atom stereocenters. The molecular formula is C17H28N2O2. The van der Waals surface area contributed by atoms with Crippen LogP contribution in [0.25, 0.3) is 0 Å². The van der Waals surface area contributed by atoms with Gasteiger partial charge in [-0.05, 0) is 23.0 Å². The van der Waals surface area contributed by atoms with Crippen molar-refractivity contribution in [2.24, 2.45) is 0 Å². The van der Waals surface area contributed by atoms with Crippen LogP contribution in [-0.4, -0.2) is 38.2 Å². The Balaban J connectivity index is 3.02. The Hall–Kier alpha value is -1.55. The van der Waals surface area contributed by atoms with Crippen LogP contribution < -0.4 is 5.32 Å². The highest BCUT2D eigenvalue weighted by atomic mass is 16.5. The summed E-state index contributed by atoms with van der Waals surface area (Å²) in [5.74, 6) is 0.728. The third-order valence-electron chi connectivity index (χ3n) is 3.58. The number of amides is 2. The first kappa shape index (κ1) is 17.5. The number of hydrogen-bond donors (Lipinski definition) is 1. The zero-order valence-electron chi connectivity index (χ0n) is 14.1. The van der Waals surface area contributed by atoms with Crippen molar-refractivity contribution in [3.05, 3.63) is 29.3 Å². The zero-order valence-corrected chi connectivity index (χ0v) is 14.1. The van der Waals surface area contributed by atoms with E-state index in [1.54, 1.807) is 19.1 Å². The number of anilines is 1. The van der Waals surface area contributed by atoms with E-state index in [2.05, 4.69) is 51.2 Å². The summed E-state index contributed by atoms with van der Waals surface area (Å²) in [6.07, 6.45) is 0. The van der Waals surface area contributed by atoms with E-state index < -0.39 is 0 Å². The summed E-state index contributed by atoms with van der Waals surface area (Å²) in [4.78, 5) is 14.0. The zero-order chi connectivity index (χ0) is 16.0. The lowest BCUT2D eigenvalue weighted by atomic mass is 9.93. The van der Waals surface area contributed by atoms with Crippen LogP contribution in [0.3, 0.4) is 0 Å². The number of nitrogens with zero attached hydrogens (tertiary/aromatic N) is 1. The van der Waals surface area contributed by atoms with Crippen molar-refractivity contribution in [1.82, 2.24) is 4.90 Å². The lowest BCUT2D eigenvalue weighted by Gasteiger charge is -2.23. The Labute approximate surface area is 128 Å². The number of rotatable bonds is 6. The van der Waals surface area contributed by atoms with E-state index >= 15 is 0 Å². The summed E-state index contributed by atoms with van der Waals surface area (Å²) in [5, 5.41) is 3.08. The second kappa shape index (κ2) is 8.03. The first-order valence-corrected chi connectivity index (χ1v) is 7.52. The van der Waals surface area contributed by atoms with E-state index in [1.807, 2.05) is 0 Å². The van der Waals surface area contributed by atoms with Crippen molar-refractivity contribution < 1.29 is 9.53 Å². The highest BCUT2D eigenvalue weighted by Crippen LogP contribution is 2.32. The number of para-hydroxylation sites is 1. The molecule has 4 nitrogen and oxygen atoms in total. The molecule has 0 aliphatic heterocycles. The van der Waals surface area contributed by atoms with Gasteiger partial charge in [-0.25, -0.2) is 4.79 Å². The first-order valence-electron chi connectivity index (χ1n) is 7.52. The maximum absolute atomic E-state index is 12.3. The summed E-state index contributed by atoms with van der Waals surface area (Å²) >= 11 is 0. The number of ether oxygens (including phenoxy) is 1. The maximum Gasteiger partial charge on any atom is 0.321 e. The van der Waals surface area contributed by atoms with E-state index in [-0.39, 0.29) is 6.03 Å². The molecule has 0 bridgehead atoms. The Morgan fingerprint density at radius 1 is 1.19 bits per heavy atom. The number of benzene rings is 1. The van der Waals surface area contributed by atoms with Gasteiger partial charge < -0.3 is 15.0 Å². The van der Waals surface area contributed by atoms with Gasteiger partial charge in [-0.1, -0.05) is 45.9 Å². The minimum absolute atomic E-state index is 0.0953. The van der Waals surface area contributed by atoms with E-state index in [0.717, 1.165) is 5.69 Å². The maximum atomic E-state index is 12.3. The minimum Gasteiger partial charge on any atom is -0.383 e. The molecule has 0 spiro atoms. The normalized spacial score (nSPS) is 11.0. The molecule has 0 atom stereocenters. The fraction of sp³-hybridized carbons (Fsp3) is 0.588. The highest BCUT2D eigenvalue weighted by Gasteiger charge is 2.17. The van der Waals surface area contributed by atoms with E-state index in [0.29, 0.717) is 25.0 Å². The van der Waals surface area contributed by atoms with Crippen LogP contribution in [0.15, 0.2) is 18.2 Å². The number of methoxy groups -OCH3 is 1. The molecule has 1 N–H and O–H groups in total. The number of carbonyl (C=O) groups excluding carboxylic acids is 1. The van der Waals surface area contributed by atoms with Crippen LogP contribution in [0.2, 0.25) is 0 Å². The molecule has 1 aromatic carbocycles. The summed E-state index contributed by atoms with van der Waals surface area (Å²) in [5.41, 5.74) is 3.31. The molecule has 0 saturated heterocycles. The van der Waals surface area contributed by atoms with Crippen molar-refractivity contribution in [2.45, 2.75) is 39.5 Å². The summed E-state index contributed by atoms with van der Waals surface area (Å²) in [6.45, 7) is 9.68. The van der Waals surface area contributed by atoms with Crippen molar-refractivity contribution in [2.75, 3.05) is 32.6 Å². The van der Waals surface area contributed by atoms with Crippen molar-refractivity contribution >= 4 is 11.7 Å². The first-order chi connectivity index (χ1) is 9.88. The minimum atomic E-state index is -0.0953. The summed E-state index contributed by atoms with van der Waals surface area (Å²) in [6, 6.07) is 6.14. The summed E-state index contributed by atoms with van der Waals surface area (Å²) in [7, 11) is 3.41. The number of carbonyl (C=O) groups is 1. The molecule has 0 saturated carbocycles.